The van der Waals surface area contributed by atoms with E-state index in [0.29, 0.717) is 13.2 Å². The number of rotatable bonds is 13. The largest absolute Gasteiger partial charge is 0.416 e. The van der Waals surface area contributed by atoms with E-state index >= 15 is 0 Å². The second-order valence-corrected chi connectivity index (χ2v) is 14.1. The Bertz CT molecular complexity index is 1590. The molecule has 6 rings (SSSR count). The van der Waals surface area contributed by atoms with E-state index in [0.717, 1.165) is 107 Å². The fourth-order valence-electron chi connectivity index (χ4n) is 7.91. The standard InChI is InChI=1S/C39H45F6N3O3.ClH/c40-38(41,42)31-24-29(25-32(26-31)39(43,44)45)27-51-28-36(30-8-2-1-3-9-30)13-17-47(18-14-36)16-7-6-12-37(15-19-48-20-22-50-23-21-48)33-10-4-5-11-34(33)46-35(37)49;/h1-5,8-11,24-26H,6-7,12-23,27-28H2,(H,46,49);1H. The van der Waals surface area contributed by atoms with Crippen LogP contribution in [0.3, 0.4) is 0 Å². The summed E-state index contributed by atoms with van der Waals surface area (Å²) in [6.07, 6.45) is -5.07. The molecule has 284 valence electrons. The topological polar surface area (TPSA) is 54.0 Å². The zero-order chi connectivity index (χ0) is 36.1. The molecular weight excluding hydrogens is 708 g/mol. The van der Waals surface area contributed by atoms with E-state index in [-0.39, 0.29) is 43.2 Å². The van der Waals surface area contributed by atoms with Crippen LogP contribution in [0.15, 0.2) is 72.8 Å². The number of para-hydroxylation sites is 1. The van der Waals surface area contributed by atoms with E-state index in [9.17, 15) is 31.1 Å². The predicted molar refractivity (Wildman–Crippen MR) is 190 cm³/mol. The molecule has 1 unspecified atom stereocenters. The van der Waals surface area contributed by atoms with Crippen molar-refractivity contribution in [2.24, 2.45) is 0 Å². The minimum Gasteiger partial charge on any atom is -0.379 e. The summed E-state index contributed by atoms with van der Waals surface area (Å²) in [5.41, 5.74) is -0.844. The summed E-state index contributed by atoms with van der Waals surface area (Å²) in [4.78, 5) is 18.3. The van der Waals surface area contributed by atoms with Crippen LogP contribution in [-0.4, -0.2) is 74.8 Å². The average Bonchev–Trinajstić information content (AvgIpc) is 3.40. The SMILES string of the molecule is Cl.O=C1Nc2ccccc2C1(CCCCN1CCC(COCc2cc(C(F)(F)F)cc(C(F)(F)F)c2)(c2ccccc2)CC1)CCN1CCOCC1. The fourth-order valence-corrected chi connectivity index (χ4v) is 7.91. The molecule has 13 heteroatoms. The Morgan fingerprint density at radius 1 is 0.750 bits per heavy atom. The van der Waals surface area contributed by atoms with Crippen LogP contribution in [0.1, 0.15) is 66.3 Å². The van der Waals surface area contributed by atoms with Crippen molar-refractivity contribution in [1.82, 2.24) is 9.80 Å². The number of hydrogen-bond acceptors (Lipinski definition) is 5. The van der Waals surface area contributed by atoms with E-state index < -0.39 is 34.3 Å². The maximum atomic E-state index is 13.5. The predicted octanol–water partition coefficient (Wildman–Crippen LogP) is 8.48. The average molecular weight is 754 g/mol. The summed E-state index contributed by atoms with van der Waals surface area (Å²) in [5.74, 6) is 0.0716. The van der Waals surface area contributed by atoms with Crippen molar-refractivity contribution in [2.45, 2.75) is 68.3 Å². The molecule has 1 amide bonds. The van der Waals surface area contributed by atoms with Crippen LogP contribution in [0.2, 0.25) is 0 Å². The highest BCUT2D eigenvalue weighted by molar-refractivity contribution is 6.06. The number of nitrogens with one attached hydrogen (secondary N) is 1. The van der Waals surface area contributed by atoms with Crippen molar-refractivity contribution >= 4 is 24.0 Å². The van der Waals surface area contributed by atoms with Gasteiger partial charge in [-0.25, -0.2) is 0 Å². The van der Waals surface area contributed by atoms with Crippen LogP contribution in [0.5, 0.6) is 0 Å². The lowest BCUT2D eigenvalue weighted by molar-refractivity contribution is -0.143. The summed E-state index contributed by atoms with van der Waals surface area (Å²) in [7, 11) is 0. The lowest BCUT2D eigenvalue weighted by Gasteiger charge is -2.42. The number of carbonyl (C=O) groups excluding carboxylic acids is 1. The lowest BCUT2D eigenvalue weighted by Crippen LogP contribution is -2.45. The Hall–Kier alpha value is -3.16. The molecule has 2 fully saturated rings. The van der Waals surface area contributed by atoms with Crippen LogP contribution in [0.25, 0.3) is 0 Å². The van der Waals surface area contributed by atoms with Gasteiger partial charge in [-0.2, -0.15) is 26.3 Å². The second-order valence-electron chi connectivity index (χ2n) is 14.1. The Labute approximate surface area is 307 Å². The molecule has 0 bridgehead atoms. The van der Waals surface area contributed by atoms with Gasteiger partial charge in [0.2, 0.25) is 5.91 Å². The van der Waals surface area contributed by atoms with Crippen molar-refractivity contribution in [2.75, 3.05) is 64.4 Å². The molecule has 0 spiro atoms. The molecule has 3 aliphatic rings. The molecule has 0 saturated carbocycles. The van der Waals surface area contributed by atoms with Crippen LogP contribution in [0.4, 0.5) is 32.0 Å². The highest BCUT2D eigenvalue weighted by Crippen LogP contribution is 2.44. The number of likely N-dealkylation sites (tertiary alicyclic amines) is 1. The number of halogens is 7. The number of carbonyl (C=O) groups is 1. The van der Waals surface area contributed by atoms with Gasteiger partial charge in [0.05, 0.1) is 43.0 Å². The van der Waals surface area contributed by atoms with E-state index in [1.165, 1.54) is 0 Å². The number of amides is 1. The molecule has 3 aliphatic heterocycles. The van der Waals surface area contributed by atoms with Gasteiger partial charge in [-0.1, -0.05) is 55.0 Å². The van der Waals surface area contributed by atoms with Gasteiger partial charge in [0, 0.05) is 24.2 Å². The lowest BCUT2D eigenvalue weighted by atomic mass is 9.73. The van der Waals surface area contributed by atoms with Gasteiger partial charge in [0.15, 0.2) is 0 Å². The molecule has 0 aliphatic carbocycles. The van der Waals surface area contributed by atoms with Gasteiger partial charge in [0.25, 0.3) is 0 Å². The second kappa shape index (κ2) is 16.9. The first kappa shape index (κ1) is 40.0. The van der Waals surface area contributed by atoms with Gasteiger partial charge in [-0.15, -0.1) is 12.4 Å². The summed E-state index contributed by atoms with van der Waals surface area (Å²) >= 11 is 0. The van der Waals surface area contributed by atoms with E-state index in [1.807, 2.05) is 48.5 Å². The van der Waals surface area contributed by atoms with Crippen LogP contribution in [0, 0.1) is 0 Å². The number of piperidine rings is 1. The summed E-state index contributed by atoms with van der Waals surface area (Å²) in [6, 6.07) is 19.4. The number of fused-ring (bicyclic) bond motifs is 1. The minimum absolute atomic E-state index is 0. The highest BCUT2D eigenvalue weighted by atomic mass is 35.5. The summed E-state index contributed by atoms with van der Waals surface area (Å²) in [5, 5.41) is 3.13. The number of alkyl halides is 6. The monoisotopic (exact) mass is 753 g/mol. The smallest absolute Gasteiger partial charge is 0.379 e. The number of nitrogens with zero attached hydrogens (tertiary/aromatic N) is 2. The number of benzene rings is 3. The minimum atomic E-state index is -4.91. The number of unbranched alkanes of at least 4 members (excludes halogenated alkanes) is 1. The van der Waals surface area contributed by atoms with Gasteiger partial charge in [-0.3, -0.25) is 9.69 Å². The highest BCUT2D eigenvalue weighted by Gasteiger charge is 2.46. The van der Waals surface area contributed by atoms with Crippen molar-refractivity contribution in [1.29, 1.82) is 0 Å². The maximum Gasteiger partial charge on any atom is 0.416 e. The Morgan fingerprint density at radius 3 is 2.02 bits per heavy atom. The third-order valence-corrected chi connectivity index (χ3v) is 10.9. The Balaban J connectivity index is 0.00000523. The van der Waals surface area contributed by atoms with Crippen LogP contribution < -0.4 is 5.32 Å². The third kappa shape index (κ3) is 9.31. The number of anilines is 1. The molecule has 1 atom stereocenters. The summed E-state index contributed by atoms with van der Waals surface area (Å²) in [6.45, 7) is 6.19. The number of ether oxygens (including phenoxy) is 2. The zero-order valence-corrected chi connectivity index (χ0v) is 29.9. The van der Waals surface area contributed by atoms with E-state index in [4.69, 9.17) is 9.47 Å². The number of hydrogen-bond donors (Lipinski definition) is 1. The molecule has 0 aromatic heterocycles. The number of morpholine rings is 1. The van der Waals surface area contributed by atoms with Gasteiger partial charge in [0.1, 0.15) is 0 Å². The van der Waals surface area contributed by atoms with Crippen molar-refractivity contribution in [3.63, 3.8) is 0 Å². The molecule has 1 N–H and O–H groups in total. The fraction of sp³-hybridized carbons (Fsp3) is 0.513. The Morgan fingerprint density at radius 2 is 1.37 bits per heavy atom. The molecule has 3 aromatic carbocycles. The van der Waals surface area contributed by atoms with Crippen molar-refractivity contribution in [3.8, 4) is 0 Å². The first-order valence-electron chi connectivity index (χ1n) is 17.7. The molecule has 3 aromatic rings. The normalized spacial score (nSPS) is 21.0. The van der Waals surface area contributed by atoms with Crippen molar-refractivity contribution < 1.29 is 40.6 Å². The first-order chi connectivity index (χ1) is 24.4. The van der Waals surface area contributed by atoms with Crippen molar-refractivity contribution in [3.05, 3.63) is 101 Å². The molecule has 6 nitrogen and oxygen atoms in total. The van der Waals surface area contributed by atoms with E-state index in [2.05, 4.69) is 21.2 Å². The third-order valence-electron chi connectivity index (χ3n) is 10.9. The van der Waals surface area contributed by atoms with E-state index in [1.54, 1.807) is 0 Å². The molecule has 0 radical (unpaired) electrons. The quantitative estimate of drug-likeness (QED) is 0.140. The first-order valence-corrected chi connectivity index (χ1v) is 17.7. The zero-order valence-electron chi connectivity index (χ0n) is 29.0. The van der Waals surface area contributed by atoms with Gasteiger partial charge < -0.3 is 19.7 Å². The molecular formula is C39H46ClF6N3O3. The van der Waals surface area contributed by atoms with Crippen LogP contribution in [-0.2, 0) is 44.1 Å². The van der Waals surface area contributed by atoms with Gasteiger partial charge in [-0.05, 0) is 99.2 Å². The Kier molecular flexibility index (Phi) is 13.0. The maximum absolute atomic E-state index is 13.5. The summed E-state index contributed by atoms with van der Waals surface area (Å²) < 4.78 is 92.0. The molecule has 52 heavy (non-hydrogen) atoms. The molecule has 3 heterocycles. The molecule has 2 saturated heterocycles. The van der Waals surface area contributed by atoms with Crippen LogP contribution >= 0.6 is 12.4 Å². The van der Waals surface area contributed by atoms with Gasteiger partial charge >= 0.3 is 12.4 Å².